The Morgan fingerprint density at radius 3 is 2.21 bits per heavy atom. The van der Waals surface area contributed by atoms with Crippen molar-refractivity contribution < 1.29 is 9.59 Å². The van der Waals surface area contributed by atoms with Gasteiger partial charge < -0.3 is 5.32 Å². The van der Waals surface area contributed by atoms with Gasteiger partial charge in [-0.3, -0.25) is 9.59 Å². The van der Waals surface area contributed by atoms with E-state index in [2.05, 4.69) is 12.2 Å². The lowest BCUT2D eigenvalue weighted by Gasteiger charge is -2.06. The molecule has 0 aliphatic rings. The largest absolute Gasteiger partial charge is 0.326 e. The number of Topliss-reactive ketones (excluding diaryl/α,β-unsaturated/α-hetero) is 1. The number of ketones is 1. The molecule has 0 aromatic heterocycles. The van der Waals surface area contributed by atoms with E-state index in [0.717, 1.165) is 23.4 Å². The lowest BCUT2D eigenvalue weighted by molar-refractivity contribution is -0.116. The molecule has 0 spiro atoms. The number of rotatable bonds is 8. The van der Waals surface area contributed by atoms with Crippen LogP contribution in [0.2, 0.25) is 0 Å². The molecule has 1 N–H and O–H groups in total. The Balaban J connectivity index is 1.82. The van der Waals surface area contributed by atoms with E-state index in [1.54, 1.807) is 11.8 Å². The molecule has 24 heavy (non-hydrogen) atoms. The van der Waals surface area contributed by atoms with E-state index in [1.807, 2.05) is 54.8 Å². The minimum Gasteiger partial charge on any atom is -0.326 e. The van der Waals surface area contributed by atoms with Crippen molar-refractivity contribution in [1.29, 1.82) is 0 Å². The molecule has 2 rings (SSSR count). The lowest BCUT2D eigenvalue weighted by atomic mass is 10.0. The average Bonchev–Trinajstić information content (AvgIpc) is 2.61. The summed E-state index contributed by atoms with van der Waals surface area (Å²) in [5.74, 6) is -0.131. The van der Waals surface area contributed by atoms with Crippen molar-refractivity contribution in [3.05, 3.63) is 59.7 Å². The quantitative estimate of drug-likeness (QED) is 0.545. The van der Waals surface area contributed by atoms with Crippen LogP contribution in [0, 0.1) is 0 Å². The summed E-state index contributed by atoms with van der Waals surface area (Å²) in [7, 11) is 0. The molecule has 0 atom stereocenters. The summed E-state index contributed by atoms with van der Waals surface area (Å²) in [6.45, 7) is 2.13. The van der Waals surface area contributed by atoms with Crippen LogP contribution in [0.4, 0.5) is 5.69 Å². The fraction of sp³-hybridized carbons (Fsp3) is 0.300. The first-order chi connectivity index (χ1) is 11.6. The monoisotopic (exact) mass is 341 g/mol. The minimum absolute atomic E-state index is 0.00549. The van der Waals surface area contributed by atoms with Crippen molar-refractivity contribution in [3.63, 3.8) is 0 Å². The van der Waals surface area contributed by atoms with E-state index in [9.17, 15) is 9.59 Å². The van der Waals surface area contributed by atoms with Gasteiger partial charge in [-0.2, -0.15) is 0 Å². The first-order valence-electron chi connectivity index (χ1n) is 8.18. The Kier molecular flexibility index (Phi) is 7.07. The van der Waals surface area contributed by atoms with Gasteiger partial charge in [0.2, 0.25) is 5.91 Å². The maximum atomic E-state index is 12.2. The number of carbonyl (C=O) groups excluding carboxylic acids is 2. The van der Waals surface area contributed by atoms with E-state index in [-0.39, 0.29) is 24.5 Å². The lowest BCUT2D eigenvalue weighted by Crippen LogP contribution is -2.13. The Labute approximate surface area is 147 Å². The van der Waals surface area contributed by atoms with Crippen LogP contribution in [0.5, 0.6) is 0 Å². The smallest absolute Gasteiger partial charge is 0.224 e. The molecule has 2 aromatic carbocycles. The Morgan fingerprint density at radius 1 is 0.958 bits per heavy atom. The van der Waals surface area contributed by atoms with Crippen molar-refractivity contribution in [3.8, 4) is 0 Å². The van der Waals surface area contributed by atoms with E-state index in [1.165, 1.54) is 5.56 Å². The Hall–Kier alpha value is -2.07. The first-order valence-corrected chi connectivity index (χ1v) is 9.41. The summed E-state index contributed by atoms with van der Waals surface area (Å²) >= 11 is 1.65. The first kappa shape index (κ1) is 18.3. The van der Waals surface area contributed by atoms with Crippen LogP contribution < -0.4 is 5.32 Å². The number of benzene rings is 2. The number of aryl methyl sites for hydroxylation is 1. The highest BCUT2D eigenvalue weighted by atomic mass is 32.2. The Bertz CT molecular complexity index is 678. The van der Waals surface area contributed by atoms with Crippen LogP contribution >= 0.6 is 11.8 Å². The van der Waals surface area contributed by atoms with Crippen molar-refractivity contribution in [2.24, 2.45) is 0 Å². The van der Waals surface area contributed by atoms with Gasteiger partial charge in [0.15, 0.2) is 5.78 Å². The zero-order valence-corrected chi connectivity index (χ0v) is 15.0. The molecule has 0 aliphatic heterocycles. The molecule has 0 bridgehead atoms. The number of hydrogen-bond acceptors (Lipinski definition) is 3. The molecule has 0 radical (unpaired) electrons. The van der Waals surface area contributed by atoms with Crippen LogP contribution in [0.1, 0.15) is 42.1 Å². The second kappa shape index (κ2) is 9.28. The van der Waals surface area contributed by atoms with Crippen molar-refractivity contribution >= 4 is 29.1 Å². The Morgan fingerprint density at radius 2 is 1.62 bits per heavy atom. The van der Waals surface area contributed by atoms with E-state index < -0.39 is 0 Å². The third-order valence-electron chi connectivity index (χ3n) is 3.77. The summed E-state index contributed by atoms with van der Waals surface area (Å²) in [6.07, 6.45) is 4.53. The summed E-state index contributed by atoms with van der Waals surface area (Å²) in [6, 6.07) is 15.4. The van der Waals surface area contributed by atoms with Gasteiger partial charge in [0, 0.05) is 29.0 Å². The predicted octanol–water partition coefficient (Wildman–Crippen LogP) is 4.96. The SMILES string of the molecule is CCCc1ccc(C(=O)CCC(=O)Nc2ccc(SC)cc2)cc1. The summed E-state index contributed by atoms with van der Waals surface area (Å²) < 4.78 is 0. The third kappa shape index (κ3) is 5.53. The van der Waals surface area contributed by atoms with Gasteiger partial charge in [0.25, 0.3) is 0 Å². The summed E-state index contributed by atoms with van der Waals surface area (Å²) in [5.41, 5.74) is 2.67. The van der Waals surface area contributed by atoms with Crippen molar-refractivity contribution in [2.45, 2.75) is 37.5 Å². The second-order valence-corrected chi connectivity index (χ2v) is 6.53. The van der Waals surface area contributed by atoms with Crippen LogP contribution in [0.15, 0.2) is 53.4 Å². The number of thioether (sulfide) groups is 1. The highest BCUT2D eigenvalue weighted by molar-refractivity contribution is 7.98. The van der Waals surface area contributed by atoms with Crippen LogP contribution in [0.3, 0.4) is 0 Å². The zero-order valence-electron chi connectivity index (χ0n) is 14.2. The van der Waals surface area contributed by atoms with Gasteiger partial charge in [-0.05, 0) is 42.5 Å². The number of nitrogens with one attached hydrogen (secondary N) is 1. The van der Waals surface area contributed by atoms with Gasteiger partial charge in [-0.25, -0.2) is 0 Å². The highest BCUT2D eigenvalue weighted by Crippen LogP contribution is 2.18. The standard InChI is InChI=1S/C20H23NO2S/c1-3-4-15-5-7-16(8-6-15)19(22)13-14-20(23)21-17-9-11-18(24-2)12-10-17/h5-12H,3-4,13-14H2,1-2H3,(H,21,23). The molecule has 0 saturated carbocycles. The molecule has 0 saturated heterocycles. The maximum Gasteiger partial charge on any atom is 0.224 e. The third-order valence-corrected chi connectivity index (χ3v) is 4.51. The zero-order chi connectivity index (χ0) is 17.4. The summed E-state index contributed by atoms with van der Waals surface area (Å²) in [5, 5.41) is 2.83. The fourth-order valence-corrected chi connectivity index (χ4v) is 2.82. The molecule has 1 amide bonds. The predicted molar refractivity (Wildman–Crippen MR) is 101 cm³/mol. The van der Waals surface area contributed by atoms with Gasteiger partial charge in [0.05, 0.1) is 0 Å². The van der Waals surface area contributed by atoms with Crippen LogP contribution in [0.25, 0.3) is 0 Å². The minimum atomic E-state index is -0.136. The van der Waals surface area contributed by atoms with Gasteiger partial charge >= 0.3 is 0 Å². The molecule has 4 heteroatoms. The van der Waals surface area contributed by atoms with Gasteiger partial charge in [0.1, 0.15) is 0 Å². The highest BCUT2D eigenvalue weighted by Gasteiger charge is 2.09. The topological polar surface area (TPSA) is 46.2 Å². The van der Waals surface area contributed by atoms with Gasteiger partial charge in [-0.15, -0.1) is 11.8 Å². The molecule has 0 aliphatic carbocycles. The molecule has 3 nitrogen and oxygen atoms in total. The van der Waals surface area contributed by atoms with Crippen molar-refractivity contribution in [1.82, 2.24) is 0 Å². The molecule has 2 aromatic rings. The average molecular weight is 341 g/mol. The fourth-order valence-electron chi connectivity index (χ4n) is 2.42. The van der Waals surface area contributed by atoms with Gasteiger partial charge in [-0.1, -0.05) is 37.6 Å². The molecule has 126 valence electrons. The number of amides is 1. The maximum absolute atomic E-state index is 12.2. The van der Waals surface area contributed by atoms with E-state index in [4.69, 9.17) is 0 Å². The van der Waals surface area contributed by atoms with E-state index >= 15 is 0 Å². The molecular formula is C20H23NO2S. The van der Waals surface area contributed by atoms with Crippen molar-refractivity contribution in [2.75, 3.05) is 11.6 Å². The summed E-state index contributed by atoms with van der Waals surface area (Å²) in [4.78, 5) is 25.3. The molecule has 0 heterocycles. The molecule has 0 unspecified atom stereocenters. The molecular weight excluding hydrogens is 318 g/mol. The number of hydrogen-bond donors (Lipinski definition) is 1. The van der Waals surface area contributed by atoms with E-state index in [0.29, 0.717) is 5.56 Å². The number of anilines is 1. The molecule has 0 fully saturated rings. The van der Waals surface area contributed by atoms with Crippen LogP contribution in [-0.4, -0.2) is 17.9 Å². The van der Waals surface area contributed by atoms with Crippen LogP contribution in [-0.2, 0) is 11.2 Å². The normalized spacial score (nSPS) is 10.4. The number of carbonyl (C=O) groups is 2. The second-order valence-electron chi connectivity index (χ2n) is 5.65.